The first kappa shape index (κ1) is 11.3. The van der Waals surface area contributed by atoms with Gasteiger partial charge in [0.25, 0.3) is 0 Å². The van der Waals surface area contributed by atoms with Crippen LogP contribution in [0, 0.1) is 5.82 Å². The van der Waals surface area contributed by atoms with Gasteiger partial charge in [0.2, 0.25) is 0 Å². The number of hydrogen-bond acceptors (Lipinski definition) is 4. The number of rotatable bonds is 3. The second-order valence-electron chi connectivity index (χ2n) is 3.12. The Morgan fingerprint density at radius 3 is 2.94 bits per heavy atom. The first-order valence-corrected chi connectivity index (χ1v) is 5.85. The summed E-state index contributed by atoms with van der Waals surface area (Å²) in [5, 5.41) is 3.18. The molecule has 0 fully saturated rings. The van der Waals surface area contributed by atoms with Crippen molar-refractivity contribution in [1.29, 1.82) is 0 Å². The van der Waals surface area contributed by atoms with Gasteiger partial charge in [-0.25, -0.2) is 4.39 Å². The van der Waals surface area contributed by atoms with Crippen LogP contribution in [-0.4, -0.2) is 15.3 Å². The molecule has 1 heterocycles. The third-order valence-electron chi connectivity index (χ3n) is 2.03. The summed E-state index contributed by atoms with van der Waals surface area (Å²) in [4.78, 5) is 0. The molecule has 1 N–H and O–H groups in total. The molecule has 1 aromatic carbocycles. The standard InChI is InChI=1S/C10H9ClFN3S/c1-2-13-10-9(14-16-15-10)6-3-4-8(12)7(11)5-6/h3-5H,2H2,1H3,(H,13,15). The predicted octanol–water partition coefficient (Wildman–Crippen LogP) is 3.43. The van der Waals surface area contributed by atoms with Gasteiger partial charge in [0.1, 0.15) is 11.5 Å². The molecule has 0 saturated carbocycles. The summed E-state index contributed by atoms with van der Waals surface area (Å²) in [5.41, 5.74) is 1.46. The van der Waals surface area contributed by atoms with E-state index in [0.29, 0.717) is 11.5 Å². The first-order chi connectivity index (χ1) is 7.72. The summed E-state index contributed by atoms with van der Waals surface area (Å²) in [5.74, 6) is 0.272. The predicted molar refractivity (Wildman–Crippen MR) is 64.5 cm³/mol. The second kappa shape index (κ2) is 4.76. The molecule has 0 aliphatic rings. The number of anilines is 1. The molecular formula is C10H9ClFN3S. The van der Waals surface area contributed by atoms with Gasteiger partial charge in [0.05, 0.1) is 16.8 Å². The van der Waals surface area contributed by atoms with E-state index in [9.17, 15) is 4.39 Å². The molecule has 16 heavy (non-hydrogen) atoms. The number of benzene rings is 1. The van der Waals surface area contributed by atoms with Gasteiger partial charge in [-0.05, 0) is 25.1 Å². The number of halogens is 2. The Balaban J connectivity index is 2.42. The van der Waals surface area contributed by atoms with E-state index in [0.717, 1.165) is 23.8 Å². The van der Waals surface area contributed by atoms with E-state index in [-0.39, 0.29) is 5.02 Å². The Morgan fingerprint density at radius 1 is 1.44 bits per heavy atom. The van der Waals surface area contributed by atoms with Crippen molar-refractivity contribution in [3.05, 3.63) is 29.0 Å². The lowest BCUT2D eigenvalue weighted by molar-refractivity contribution is 0.628. The van der Waals surface area contributed by atoms with Crippen molar-refractivity contribution in [2.45, 2.75) is 6.92 Å². The smallest absolute Gasteiger partial charge is 0.168 e. The van der Waals surface area contributed by atoms with Gasteiger partial charge in [-0.3, -0.25) is 0 Å². The van der Waals surface area contributed by atoms with Gasteiger partial charge >= 0.3 is 0 Å². The lowest BCUT2D eigenvalue weighted by atomic mass is 10.1. The Kier molecular flexibility index (Phi) is 3.36. The molecule has 2 rings (SSSR count). The van der Waals surface area contributed by atoms with Crippen molar-refractivity contribution in [2.75, 3.05) is 11.9 Å². The van der Waals surface area contributed by atoms with Gasteiger partial charge < -0.3 is 5.32 Å². The van der Waals surface area contributed by atoms with Crippen molar-refractivity contribution in [3.8, 4) is 11.3 Å². The summed E-state index contributed by atoms with van der Waals surface area (Å²) < 4.78 is 21.3. The number of aromatic nitrogens is 2. The van der Waals surface area contributed by atoms with Crippen molar-refractivity contribution in [3.63, 3.8) is 0 Å². The van der Waals surface area contributed by atoms with Gasteiger partial charge in [0, 0.05) is 12.1 Å². The highest BCUT2D eigenvalue weighted by Crippen LogP contribution is 2.28. The lowest BCUT2D eigenvalue weighted by Gasteiger charge is -2.03. The average Bonchev–Trinajstić information content (AvgIpc) is 2.71. The molecule has 3 nitrogen and oxygen atoms in total. The van der Waals surface area contributed by atoms with Crippen LogP contribution in [0.25, 0.3) is 11.3 Å². The highest BCUT2D eigenvalue weighted by atomic mass is 35.5. The Morgan fingerprint density at radius 2 is 2.25 bits per heavy atom. The zero-order chi connectivity index (χ0) is 11.5. The number of nitrogens with zero attached hydrogens (tertiary/aromatic N) is 2. The fraction of sp³-hybridized carbons (Fsp3) is 0.200. The Bertz CT molecular complexity index is 501. The molecule has 0 bridgehead atoms. The monoisotopic (exact) mass is 257 g/mol. The van der Waals surface area contributed by atoms with Gasteiger partial charge in [-0.1, -0.05) is 11.6 Å². The summed E-state index contributed by atoms with van der Waals surface area (Å²) in [6.07, 6.45) is 0. The molecule has 0 saturated heterocycles. The zero-order valence-corrected chi connectivity index (χ0v) is 10.1. The van der Waals surface area contributed by atoms with E-state index in [4.69, 9.17) is 11.6 Å². The van der Waals surface area contributed by atoms with E-state index in [1.54, 1.807) is 12.1 Å². The molecule has 6 heteroatoms. The van der Waals surface area contributed by atoms with E-state index < -0.39 is 5.82 Å². The first-order valence-electron chi connectivity index (χ1n) is 4.74. The summed E-state index contributed by atoms with van der Waals surface area (Å²) in [7, 11) is 0. The third-order valence-corrected chi connectivity index (χ3v) is 2.84. The van der Waals surface area contributed by atoms with Crippen LogP contribution in [0.15, 0.2) is 18.2 Å². The minimum absolute atomic E-state index is 0.0907. The highest BCUT2D eigenvalue weighted by molar-refractivity contribution is 6.99. The molecular weight excluding hydrogens is 249 g/mol. The topological polar surface area (TPSA) is 37.8 Å². The van der Waals surface area contributed by atoms with Crippen LogP contribution >= 0.6 is 23.3 Å². The molecule has 0 amide bonds. The molecule has 0 radical (unpaired) electrons. The van der Waals surface area contributed by atoms with Gasteiger partial charge in [-0.15, -0.1) is 0 Å². The fourth-order valence-electron chi connectivity index (χ4n) is 1.30. The van der Waals surface area contributed by atoms with Crippen LogP contribution in [0.1, 0.15) is 6.92 Å². The van der Waals surface area contributed by atoms with Crippen molar-refractivity contribution in [1.82, 2.24) is 8.75 Å². The van der Waals surface area contributed by atoms with Crippen LogP contribution in [0.2, 0.25) is 5.02 Å². The molecule has 0 aliphatic carbocycles. The van der Waals surface area contributed by atoms with E-state index >= 15 is 0 Å². The van der Waals surface area contributed by atoms with Gasteiger partial charge in [0.15, 0.2) is 5.82 Å². The maximum absolute atomic E-state index is 13.0. The lowest BCUT2D eigenvalue weighted by Crippen LogP contribution is -1.98. The normalized spacial score (nSPS) is 10.4. The van der Waals surface area contributed by atoms with Crippen LogP contribution in [0.4, 0.5) is 10.2 Å². The Hall–Kier alpha value is -1.20. The average molecular weight is 258 g/mol. The summed E-state index contributed by atoms with van der Waals surface area (Å²) >= 11 is 6.83. The maximum atomic E-state index is 13.0. The number of nitrogens with one attached hydrogen (secondary N) is 1. The SMILES string of the molecule is CCNc1nsnc1-c1ccc(F)c(Cl)c1. The summed E-state index contributed by atoms with van der Waals surface area (Å²) in [6.45, 7) is 2.73. The molecule has 0 aliphatic heterocycles. The van der Waals surface area contributed by atoms with E-state index in [2.05, 4.69) is 14.1 Å². The fourth-order valence-corrected chi connectivity index (χ4v) is 2.03. The molecule has 0 unspecified atom stereocenters. The van der Waals surface area contributed by atoms with E-state index in [1.165, 1.54) is 6.07 Å². The molecule has 2 aromatic rings. The minimum atomic E-state index is -0.432. The van der Waals surface area contributed by atoms with Gasteiger partial charge in [-0.2, -0.15) is 8.75 Å². The van der Waals surface area contributed by atoms with Crippen LogP contribution in [-0.2, 0) is 0 Å². The molecule has 0 atom stereocenters. The maximum Gasteiger partial charge on any atom is 0.168 e. The van der Waals surface area contributed by atoms with Crippen LogP contribution < -0.4 is 5.32 Å². The van der Waals surface area contributed by atoms with Crippen molar-refractivity contribution < 1.29 is 4.39 Å². The van der Waals surface area contributed by atoms with E-state index in [1.807, 2.05) is 6.92 Å². The number of hydrogen-bond donors (Lipinski definition) is 1. The van der Waals surface area contributed by atoms with Crippen LogP contribution in [0.3, 0.4) is 0 Å². The van der Waals surface area contributed by atoms with Crippen molar-refractivity contribution in [2.24, 2.45) is 0 Å². The highest BCUT2D eigenvalue weighted by Gasteiger charge is 2.11. The van der Waals surface area contributed by atoms with Crippen molar-refractivity contribution >= 4 is 29.1 Å². The molecule has 1 aromatic heterocycles. The second-order valence-corrected chi connectivity index (χ2v) is 4.06. The minimum Gasteiger partial charge on any atom is -0.368 e. The largest absolute Gasteiger partial charge is 0.368 e. The molecule has 0 spiro atoms. The Labute approximate surface area is 102 Å². The molecule has 84 valence electrons. The summed E-state index contributed by atoms with van der Waals surface area (Å²) in [6, 6.07) is 4.51. The third kappa shape index (κ3) is 2.15. The zero-order valence-electron chi connectivity index (χ0n) is 8.50. The quantitative estimate of drug-likeness (QED) is 0.915. The van der Waals surface area contributed by atoms with Crippen LogP contribution in [0.5, 0.6) is 0 Å².